The fraction of sp³-hybridized carbons (Fsp3) is 0.917. The lowest BCUT2D eigenvalue weighted by molar-refractivity contribution is -0.144. The first-order valence-corrected chi connectivity index (χ1v) is 12.3. The van der Waals surface area contributed by atoms with Gasteiger partial charge in [0.2, 0.25) is 0 Å². The van der Waals surface area contributed by atoms with Crippen molar-refractivity contribution in [1.29, 1.82) is 0 Å². The van der Waals surface area contributed by atoms with E-state index in [0.29, 0.717) is 52.5 Å². The summed E-state index contributed by atoms with van der Waals surface area (Å²) >= 11 is 0. The summed E-state index contributed by atoms with van der Waals surface area (Å²) in [4.78, 5) is 22.7. The Morgan fingerprint density at radius 2 is 0.906 bits per heavy atom. The average Bonchev–Trinajstić information content (AvgIpc) is 2.79. The van der Waals surface area contributed by atoms with E-state index in [0.717, 1.165) is 64.2 Å². The van der Waals surface area contributed by atoms with Crippen LogP contribution in [0, 0.1) is 0 Å². The number of aliphatic hydroxyl groups excluding tert-OH is 2. The first-order valence-electron chi connectivity index (χ1n) is 12.3. The highest BCUT2D eigenvalue weighted by Crippen LogP contribution is 2.10. The van der Waals surface area contributed by atoms with Crippen LogP contribution < -0.4 is 0 Å². The van der Waals surface area contributed by atoms with Gasteiger partial charge in [0.15, 0.2) is 0 Å². The van der Waals surface area contributed by atoms with E-state index >= 15 is 0 Å². The van der Waals surface area contributed by atoms with Crippen LogP contribution in [0.15, 0.2) is 0 Å². The number of hydrogen-bond donors (Lipinski definition) is 2. The number of esters is 2. The molecule has 0 aromatic carbocycles. The van der Waals surface area contributed by atoms with Crippen LogP contribution in [0.5, 0.6) is 0 Å². The monoisotopic (exact) mass is 464 g/mol. The molecule has 0 amide bonds. The number of hydrogen-bond acceptors (Lipinski definition) is 8. The summed E-state index contributed by atoms with van der Waals surface area (Å²) in [6, 6.07) is 0. The second-order valence-electron chi connectivity index (χ2n) is 7.44. The summed E-state index contributed by atoms with van der Waals surface area (Å²) < 4.78 is 20.0. The molecule has 0 saturated heterocycles. The van der Waals surface area contributed by atoms with Gasteiger partial charge in [0, 0.05) is 12.8 Å². The molecule has 0 rings (SSSR count). The molecule has 8 nitrogen and oxygen atoms in total. The van der Waals surface area contributed by atoms with Gasteiger partial charge < -0.3 is 29.2 Å². The molecule has 0 unspecified atom stereocenters. The molecule has 0 fully saturated rings. The minimum absolute atomic E-state index is 0.0417. The molecule has 0 bridgehead atoms. The lowest BCUT2D eigenvalue weighted by Gasteiger charge is -2.05. The lowest BCUT2D eigenvalue weighted by atomic mass is 10.1. The number of carbonyl (C=O) groups is 2. The topological polar surface area (TPSA) is 112 Å². The molecule has 8 heteroatoms. The fourth-order valence-corrected chi connectivity index (χ4v) is 2.50. The van der Waals surface area contributed by atoms with Gasteiger partial charge in [-0.25, -0.2) is 0 Å². The van der Waals surface area contributed by atoms with Gasteiger partial charge in [0.05, 0.1) is 52.9 Å². The quantitative estimate of drug-likeness (QED) is 0.184. The van der Waals surface area contributed by atoms with E-state index < -0.39 is 0 Å². The molecular weight excluding hydrogens is 416 g/mol. The van der Waals surface area contributed by atoms with E-state index in [2.05, 4.69) is 13.8 Å². The Balaban J connectivity index is 0. The second kappa shape index (κ2) is 29.8. The molecule has 0 atom stereocenters. The Bertz CT molecular complexity index is 354. The van der Waals surface area contributed by atoms with Crippen LogP contribution in [0.1, 0.15) is 90.9 Å². The van der Waals surface area contributed by atoms with E-state index in [1.807, 2.05) is 0 Å². The van der Waals surface area contributed by atoms with Crippen LogP contribution in [-0.4, -0.2) is 75.0 Å². The van der Waals surface area contributed by atoms with Crippen molar-refractivity contribution in [2.45, 2.75) is 90.9 Å². The summed E-state index contributed by atoms with van der Waals surface area (Å²) in [6.07, 6.45) is 11.3. The van der Waals surface area contributed by atoms with E-state index in [1.165, 1.54) is 0 Å². The van der Waals surface area contributed by atoms with E-state index in [-0.39, 0.29) is 25.2 Å². The molecule has 0 radical (unpaired) electrons. The highest BCUT2D eigenvalue weighted by atomic mass is 16.5. The summed E-state index contributed by atoms with van der Waals surface area (Å²) in [6.45, 7) is 7.01. The van der Waals surface area contributed by atoms with Crippen molar-refractivity contribution in [2.75, 3.05) is 52.9 Å². The first-order chi connectivity index (χ1) is 15.6. The Morgan fingerprint density at radius 1 is 0.531 bits per heavy atom. The van der Waals surface area contributed by atoms with Crippen LogP contribution in [0.3, 0.4) is 0 Å². The van der Waals surface area contributed by atoms with Gasteiger partial charge in [-0.05, 0) is 25.7 Å². The number of carbonyl (C=O) groups excluding carboxylic acids is 2. The highest BCUT2D eigenvalue weighted by Gasteiger charge is 2.03. The van der Waals surface area contributed by atoms with Crippen LogP contribution in [0.2, 0.25) is 0 Å². The molecule has 0 aromatic heterocycles. The SMILES string of the molecule is CCCCOC(=O)CCCCCCCCC(=O)OCCCC.OCCOCCOCCO. The van der Waals surface area contributed by atoms with E-state index in [9.17, 15) is 9.59 Å². The maximum Gasteiger partial charge on any atom is 0.305 e. The maximum absolute atomic E-state index is 11.4. The van der Waals surface area contributed by atoms with Gasteiger partial charge in [-0.2, -0.15) is 0 Å². The Labute approximate surface area is 195 Å². The third-order valence-corrected chi connectivity index (χ3v) is 4.38. The molecule has 0 spiro atoms. The summed E-state index contributed by atoms with van der Waals surface area (Å²) in [5.74, 6) is -0.133. The standard InChI is InChI=1S/C18H34O4.C6H14O4/c1-3-5-15-21-17(19)13-11-9-7-8-10-12-14-18(20)22-16-6-4-2;7-1-3-9-5-6-10-4-2-8/h3-16H2,1-2H3;7-8H,1-6H2. The first kappa shape index (κ1) is 33.0. The number of unbranched alkanes of at least 4 members (excludes halogenated alkanes) is 7. The van der Waals surface area contributed by atoms with Gasteiger partial charge >= 0.3 is 11.9 Å². The molecule has 0 aliphatic rings. The van der Waals surface area contributed by atoms with Gasteiger partial charge in [0.25, 0.3) is 0 Å². The van der Waals surface area contributed by atoms with Gasteiger partial charge in [-0.1, -0.05) is 52.4 Å². The molecule has 32 heavy (non-hydrogen) atoms. The van der Waals surface area contributed by atoms with E-state index in [1.54, 1.807) is 0 Å². The zero-order chi connectivity index (χ0) is 24.1. The summed E-state index contributed by atoms with van der Waals surface area (Å²) in [7, 11) is 0. The van der Waals surface area contributed by atoms with Crippen LogP contribution in [0.25, 0.3) is 0 Å². The normalized spacial score (nSPS) is 10.4. The van der Waals surface area contributed by atoms with Crippen LogP contribution in [0.4, 0.5) is 0 Å². The molecule has 0 saturated carbocycles. The van der Waals surface area contributed by atoms with Gasteiger partial charge in [0.1, 0.15) is 0 Å². The Hall–Kier alpha value is -1.22. The smallest absolute Gasteiger partial charge is 0.305 e. The van der Waals surface area contributed by atoms with Crippen LogP contribution in [-0.2, 0) is 28.5 Å². The zero-order valence-electron chi connectivity index (χ0n) is 20.5. The number of rotatable bonds is 22. The van der Waals surface area contributed by atoms with Crippen molar-refractivity contribution in [1.82, 2.24) is 0 Å². The summed E-state index contributed by atoms with van der Waals surface area (Å²) in [5, 5.41) is 16.5. The van der Waals surface area contributed by atoms with Crippen LogP contribution >= 0.6 is 0 Å². The maximum atomic E-state index is 11.4. The Morgan fingerprint density at radius 3 is 1.25 bits per heavy atom. The fourth-order valence-electron chi connectivity index (χ4n) is 2.50. The van der Waals surface area contributed by atoms with Crippen molar-refractivity contribution in [3.63, 3.8) is 0 Å². The van der Waals surface area contributed by atoms with Crippen molar-refractivity contribution in [3.8, 4) is 0 Å². The van der Waals surface area contributed by atoms with Gasteiger partial charge in [-0.15, -0.1) is 0 Å². The molecule has 192 valence electrons. The summed E-state index contributed by atoms with van der Waals surface area (Å²) in [5.41, 5.74) is 0. The molecular formula is C24H48O8. The minimum atomic E-state index is -0.0664. The number of ether oxygens (including phenoxy) is 4. The molecule has 2 N–H and O–H groups in total. The van der Waals surface area contributed by atoms with Crippen molar-refractivity contribution >= 4 is 11.9 Å². The minimum Gasteiger partial charge on any atom is -0.466 e. The second-order valence-corrected chi connectivity index (χ2v) is 7.44. The van der Waals surface area contributed by atoms with Crippen molar-refractivity contribution < 1.29 is 38.7 Å². The molecule has 0 aliphatic carbocycles. The third-order valence-electron chi connectivity index (χ3n) is 4.38. The highest BCUT2D eigenvalue weighted by molar-refractivity contribution is 5.69. The Kier molecular flexibility index (Phi) is 30.7. The molecule has 0 aliphatic heterocycles. The van der Waals surface area contributed by atoms with E-state index in [4.69, 9.17) is 29.2 Å². The third kappa shape index (κ3) is 31.0. The predicted molar refractivity (Wildman–Crippen MR) is 124 cm³/mol. The van der Waals surface area contributed by atoms with Crippen molar-refractivity contribution in [2.24, 2.45) is 0 Å². The largest absolute Gasteiger partial charge is 0.466 e. The zero-order valence-corrected chi connectivity index (χ0v) is 20.5. The van der Waals surface area contributed by atoms with Crippen molar-refractivity contribution in [3.05, 3.63) is 0 Å². The lowest BCUT2D eigenvalue weighted by Crippen LogP contribution is -2.09. The average molecular weight is 465 g/mol. The molecule has 0 aromatic rings. The van der Waals surface area contributed by atoms with Gasteiger partial charge in [-0.3, -0.25) is 9.59 Å². The predicted octanol–water partition coefficient (Wildman–Crippen LogP) is 3.80. The molecule has 0 heterocycles. The number of aliphatic hydroxyl groups is 2.